The second kappa shape index (κ2) is 11.4. The summed E-state index contributed by atoms with van der Waals surface area (Å²) >= 11 is 0. The minimum Gasteiger partial charge on any atom is -0.449 e. The van der Waals surface area contributed by atoms with E-state index in [0.29, 0.717) is 12.0 Å². The van der Waals surface area contributed by atoms with Gasteiger partial charge in [-0.25, -0.2) is 4.79 Å². The lowest BCUT2D eigenvalue weighted by Gasteiger charge is -2.43. The summed E-state index contributed by atoms with van der Waals surface area (Å²) in [6.45, 7) is 8.30. The van der Waals surface area contributed by atoms with Gasteiger partial charge in [0.05, 0.1) is 12.7 Å². The number of esters is 1. The van der Waals surface area contributed by atoms with Gasteiger partial charge in [-0.05, 0) is 30.1 Å². The molecule has 1 N–H and O–H groups in total. The Labute approximate surface area is 203 Å². The standard InChI is InChI=1S/C27H36O6Si/c1-5-22(31-19-20-15-11-9-12-16-20)27(33-34(6-2,7-3)8-4)25(29)24(32-26(27)30)23(28)21-17-13-10-14-18-21/h9-18,22,24-25,29H,5-8,19H2,1-4H3/t22-,24-,25+,27-/m1/s1. The molecular weight excluding hydrogens is 448 g/mol. The van der Waals surface area contributed by atoms with E-state index in [1.165, 1.54) is 0 Å². The first-order chi connectivity index (χ1) is 16.4. The number of hydrogen-bond acceptors (Lipinski definition) is 6. The zero-order valence-corrected chi connectivity index (χ0v) is 21.5. The fourth-order valence-corrected chi connectivity index (χ4v) is 7.70. The number of benzene rings is 2. The minimum atomic E-state index is -2.42. The Balaban J connectivity index is 2.01. The van der Waals surface area contributed by atoms with Gasteiger partial charge in [-0.15, -0.1) is 0 Å². The number of ketones is 1. The molecule has 184 valence electrons. The number of aliphatic hydroxyl groups is 1. The highest BCUT2D eigenvalue weighted by Gasteiger charge is 2.66. The summed E-state index contributed by atoms with van der Waals surface area (Å²) in [6.07, 6.45) is -3.20. The normalized spacial score (nSPS) is 23.5. The van der Waals surface area contributed by atoms with E-state index >= 15 is 0 Å². The van der Waals surface area contributed by atoms with E-state index in [1.807, 2.05) is 37.3 Å². The molecule has 0 unspecified atom stereocenters. The smallest absolute Gasteiger partial charge is 0.343 e. The maximum Gasteiger partial charge on any atom is 0.343 e. The molecule has 0 saturated carbocycles. The largest absolute Gasteiger partial charge is 0.449 e. The maximum absolute atomic E-state index is 13.6. The lowest BCUT2D eigenvalue weighted by Crippen LogP contribution is -2.63. The van der Waals surface area contributed by atoms with Gasteiger partial charge in [-0.1, -0.05) is 88.4 Å². The molecule has 6 nitrogen and oxygen atoms in total. The number of carbonyl (C=O) groups excluding carboxylic acids is 2. The Kier molecular flexibility index (Phi) is 8.82. The van der Waals surface area contributed by atoms with Gasteiger partial charge < -0.3 is 19.0 Å². The third-order valence-corrected chi connectivity index (χ3v) is 11.7. The first kappa shape index (κ1) is 26.3. The van der Waals surface area contributed by atoms with Crippen LogP contribution in [-0.2, 0) is 25.3 Å². The van der Waals surface area contributed by atoms with E-state index in [4.69, 9.17) is 13.9 Å². The van der Waals surface area contributed by atoms with Crippen LogP contribution in [0, 0.1) is 0 Å². The van der Waals surface area contributed by atoms with Crippen LogP contribution in [0.5, 0.6) is 0 Å². The van der Waals surface area contributed by atoms with Crippen molar-refractivity contribution in [2.45, 2.75) is 82.8 Å². The lowest BCUT2D eigenvalue weighted by atomic mass is 9.86. The quantitative estimate of drug-likeness (QED) is 0.262. The number of hydrogen-bond donors (Lipinski definition) is 1. The molecule has 0 aromatic heterocycles. The van der Waals surface area contributed by atoms with Crippen LogP contribution in [0.4, 0.5) is 0 Å². The van der Waals surface area contributed by atoms with Crippen molar-refractivity contribution in [3.63, 3.8) is 0 Å². The van der Waals surface area contributed by atoms with Crippen molar-refractivity contribution in [1.29, 1.82) is 0 Å². The van der Waals surface area contributed by atoms with Crippen LogP contribution >= 0.6 is 0 Å². The van der Waals surface area contributed by atoms with Crippen LogP contribution in [0.2, 0.25) is 18.1 Å². The molecule has 1 aliphatic rings. The number of carbonyl (C=O) groups is 2. The Morgan fingerprint density at radius 3 is 2.09 bits per heavy atom. The van der Waals surface area contributed by atoms with Gasteiger partial charge in [0, 0.05) is 5.56 Å². The molecule has 0 amide bonds. The number of ether oxygens (including phenoxy) is 2. The highest BCUT2D eigenvalue weighted by Crippen LogP contribution is 2.42. The molecule has 7 heteroatoms. The zero-order chi connectivity index (χ0) is 24.8. The van der Waals surface area contributed by atoms with Crippen molar-refractivity contribution in [2.75, 3.05) is 0 Å². The van der Waals surface area contributed by atoms with E-state index in [1.54, 1.807) is 30.3 Å². The van der Waals surface area contributed by atoms with Crippen molar-refractivity contribution < 1.29 is 28.6 Å². The first-order valence-corrected chi connectivity index (χ1v) is 14.7. The fraction of sp³-hybridized carbons (Fsp3) is 0.481. The summed E-state index contributed by atoms with van der Waals surface area (Å²) in [4.78, 5) is 26.8. The molecule has 0 aliphatic carbocycles. The lowest BCUT2D eigenvalue weighted by molar-refractivity contribution is -0.175. The molecule has 2 aromatic carbocycles. The van der Waals surface area contributed by atoms with E-state index in [0.717, 1.165) is 23.7 Å². The summed E-state index contributed by atoms with van der Waals surface area (Å²) in [5.74, 6) is -1.16. The van der Waals surface area contributed by atoms with Gasteiger partial charge in [-0.3, -0.25) is 4.79 Å². The molecule has 1 saturated heterocycles. The Morgan fingerprint density at radius 2 is 1.56 bits per heavy atom. The van der Waals surface area contributed by atoms with Crippen molar-refractivity contribution >= 4 is 20.1 Å². The number of aliphatic hydroxyl groups excluding tert-OH is 1. The van der Waals surface area contributed by atoms with E-state index < -0.39 is 44.0 Å². The number of Topliss-reactive ketones (excluding diaryl/α,β-unsaturated/α-hetero) is 1. The van der Waals surface area contributed by atoms with Gasteiger partial charge in [-0.2, -0.15) is 0 Å². The summed E-state index contributed by atoms with van der Waals surface area (Å²) in [5, 5.41) is 11.6. The van der Waals surface area contributed by atoms with Gasteiger partial charge in [0.2, 0.25) is 11.4 Å². The molecule has 2 aromatic rings. The molecule has 0 bridgehead atoms. The van der Waals surface area contributed by atoms with Crippen molar-refractivity contribution in [1.82, 2.24) is 0 Å². The van der Waals surface area contributed by atoms with E-state index in [-0.39, 0.29) is 6.61 Å². The zero-order valence-electron chi connectivity index (χ0n) is 20.5. The van der Waals surface area contributed by atoms with Gasteiger partial charge in [0.1, 0.15) is 6.10 Å². The first-order valence-electron chi connectivity index (χ1n) is 12.2. The molecule has 4 atom stereocenters. The van der Waals surface area contributed by atoms with Crippen LogP contribution in [-0.4, -0.2) is 49.1 Å². The van der Waals surface area contributed by atoms with Crippen molar-refractivity contribution in [3.05, 3.63) is 71.8 Å². The summed E-state index contributed by atoms with van der Waals surface area (Å²) in [6, 6.07) is 20.5. The second-order valence-corrected chi connectivity index (χ2v) is 13.5. The minimum absolute atomic E-state index is 0.251. The fourth-order valence-electron chi connectivity index (χ4n) is 4.71. The predicted molar refractivity (Wildman–Crippen MR) is 133 cm³/mol. The predicted octanol–water partition coefficient (Wildman–Crippen LogP) is 4.91. The Hall–Kier alpha value is -2.32. The van der Waals surface area contributed by atoms with Crippen LogP contribution in [0.1, 0.15) is 50.0 Å². The highest BCUT2D eigenvalue weighted by molar-refractivity contribution is 6.73. The van der Waals surface area contributed by atoms with E-state index in [2.05, 4.69) is 20.8 Å². The van der Waals surface area contributed by atoms with Crippen LogP contribution < -0.4 is 0 Å². The van der Waals surface area contributed by atoms with Crippen LogP contribution in [0.3, 0.4) is 0 Å². The molecule has 0 radical (unpaired) electrons. The van der Waals surface area contributed by atoms with E-state index in [9.17, 15) is 14.7 Å². The summed E-state index contributed by atoms with van der Waals surface area (Å²) < 4.78 is 18.6. The molecular formula is C27H36O6Si. The molecule has 0 spiro atoms. The number of cyclic esters (lactones) is 1. The summed E-state index contributed by atoms with van der Waals surface area (Å²) in [5.41, 5.74) is -0.440. The number of rotatable bonds is 12. The molecule has 34 heavy (non-hydrogen) atoms. The molecule has 1 heterocycles. The average molecular weight is 485 g/mol. The average Bonchev–Trinajstić information content (AvgIpc) is 3.13. The Morgan fingerprint density at radius 1 is 1.00 bits per heavy atom. The molecule has 1 aliphatic heterocycles. The topological polar surface area (TPSA) is 82.1 Å². The highest BCUT2D eigenvalue weighted by atomic mass is 28.4. The van der Waals surface area contributed by atoms with Crippen LogP contribution in [0.15, 0.2) is 60.7 Å². The van der Waals surface area contributed by atoms with Gasteiger partial charge in [0.25, 0.3) is 0 Å². The maximum atomic E-state index is 13.6. The third-order valence-electron chi connectivity index (χ3n) is 7.06. The SMILES string of the molecule is CC[C@@H](OCc1ccccc1)[C@]1(O[Si](CC)(CC)CC)C(=O)O[C@H](C(=O)c2ccccc2)[C@@H]1O. The monoisotopic (exact) mass is 484 g/mol. The second-order valence-electron chi connectivity index (χ2n) is 8.83. The molecule has 3 rings (SSSR count). The van der Waals surface area contributed by atoms with Crippen LogP contribution in [0.25, 0.3) is 0 Å². The molecule has 1 fully saturated rings. The third kappa shape index (κ3) is 5.03. The van der Waals surface area contributed by atoms with Gasteiger partial charge >= 0.3 is 5.97 Å². The van der Waals surface area contributed by atoms with Crippen molar-refractivity contribution in [2.24, 2.45) is 0 Å². The Bertz CT molecular complexity index is 938. The van der Waals surface area contributed by atoms with Crippen molar-refractivity contribution in [3.8, 4) is 0 Å². The summed E-state index contributed by atoms with van der Waals surface area (Å²) in [7, 11) is -2.42. The van der Waals surface area contributed by atoms with Gasteiger partial charge in [0.15, 0.2) is 14.4 Å².